The van der Waals surface area contributed by atoms with Crippen molar-refractivity contribution in [1.82, 2.24) is 4.90 Å². The predicted molar refractivity (Wildman–Crippen MR) is 76.8 cm³/mol. The summed E-state index contributed by atoms with van der Waals surface area (Å²) < 4.78 is 39.2. The molecule has 1 aromatic carbocycles. The van der Waals surface area contributed by atoms with Crippen LogP contribution >= 0.6 is 15.9 Å². The van der Waals surface area contributed by atoms with E-state index in [4.69, 9.17) is 0 Å². The predicted octanol–water partition coefficient (Wildman–Crippen LogP) is 3.19. The number of hydrogen-bond donors (Lipinski definition) is 2. The fourth-order valence-corrected chi connectivity index (χ4v) is 2.29. The molecule has 1 atom stereocenters. The molecule has 1 unspecified atom stereocenters. The van der Waals surface area contributed by atoms with Crippen LogP contribution < -0.4 is 5.32 Å². The minimum Gasteiger partial charge on any atom is -0.387 e. The van der Waals surface area contributed by atoms with E-state index < -0.39 is 17.3 Å². The lowest BCUT2D eigenvalue weighted by Crippen LogP contribution is -2.43. The second-order valence-electron chi connectivity index (χ2n) is 5.28. The van der Waals surface area contributed by atoms with Gasteiger partial charge in [-0.1, -0.05) is 15.9 Å². The van der Waals surface area contributed by atoms with Gasteiger partial charge in [0.15, 0.2) is 0 Å². The van der Waals surface area contributed by atoms with Crippen LogP contribution in [0.3, 0.4) is 0 Å². The van der Waals surface area contributed by atoms with E-state index in [1.54, 1.807) is 25.9 Å². The van der Waals surface area contributed by atoms with Gasteiger partial charge in [0.05, 0.1) is 11.2 Å². The van der Waals surface area contributed by atoms with Gasteiger partial charge in [0.2, 0.25) is 0 Å². The van der Waals surface area contributed by atoms with Gasteiger partial charge in [-0.15, -0.1) is 0 Å². The summed E-state index contributed by atoms with van der Waals surface area (Å²) in [6.45, 7) is 1.94. The lowest BCUT2D eigenvalue weighted by atomic mass is 10.1. The minimum absolute atomic E-state index is 0.0186. The summed E-state index contributed by atoms with van der Waals surface area (Å²) in [4.78, 5) is 1.77. The molecule has 0 saturated carbocycles. The number of benzene rings is 1. The van der Waals surface area contributed by atoms with Crippen molar-refractivity contribution in [1.29, 1.82) is 0 Å². The maximum atomic E-state index is 12.9. The van der Waals surface area contributed by atoms with E-state index in [2.05, 4.69) is 21.2 Å². The van der Waals surface area contributed by atoms with Crippen molar-refractivity contribution in [2.75, 3.05) is 32.5 Å². The first-order chi connectivity index (χ1) is 9.01. The summed E-state index contributed by atoms with van der Waals surface area (Å²) >= 11 is 3.15. The van der Waals surface area contributed by atoms with Crippen LogP contribution in [-0.4, -0.2) is 42.8 Å². The fourth-order valence-electron chi connectivity index (χ4n) is 1.93. The summed E-state index contributed by atoms with van der Waals surface area (Å²) in [5, 5.41) is 12.8. The Morgan fingerprint density at radius 3 is 2.40 bits per heavy atom. The third-order valence-corrected chi connectivity index (χ3v) is 3.10. The number of alkyl halides is 3. The number of hydrogen-bond acceptors (Lipinski definition) is 3. The van der Waals surface area contributed by atoms with E-state index in [0.29, 0.717) is 11.0 Å². The van der Waals surface area contributed by atoms with Gasteiger partial charge >= 0.3 is 6.18 Å². The summed E-state index contributed by atoms with van der Waals surface area (Å²) in [7, 11) is 3.57. The molecule has 0 spiro atoms. The van der Waals surface area contributed by atoms with Crippen LogP contribution in [0.4, 0.5) is 18.9 Å². The number of nitrogens with one attached hydrogen (secondary N) is 1. The Morgan fingerprint density at radius 1 is 1.30 bits per heavy atom. The highest BCUT2D eigenvalue weighted by atomic mass is 79.9. The highest BCUT2D eigenvalue weighted by Gasteiger charge is 2.34. The van der Waals surface area contributed by atoms with E-state index in [-0.39, 0.29) is 12.2 Å². The molecule has 1 aromatic rings. The first kappa shape index (κ1) is 17.3. The number of halogens is 4. The van der Waals surface area contributed by atoms with Crippen molar-refractivity contribution in [2.24, 2.45) is 0 Å². The minimum atomic E-state index is -4.43. The summed E-state index contributed by atoms with van der Waals surface area (Å²) in [5.41, 5.74) is -1.93. The Labute approximate surface area is 124 Å². The quantitative estimate of drug-likeness (QED) is 0.852. The molecule has 0 saturated heterocycles. The average molecular weight is 355 g/mol. The average Bonchev–Trinajstić information content (AvgIpc) is 2.23. The molecule has 7 heteroatoms. The van der Waals surface area contributed by atoms with Crippen molar-refractivity contribution in [3.8, 4) is 0 Å². The van der Waals surface area contributed by atoms with Gasteiger partial charge < -0.3 is 15.3 Å². The monoisotopic (exact) mass is 354 g/mol. The van der Waals surface area contributed by atoms with Crippen molar-refractivity contribution >= 4 is 21.6 Å². The molecule has 0 aromatic heterocycles. The van der Waals surface area contributed by atoms with Crippen LogP contribution in [0.5, 0.6) is 0 Å². The van der Waals surface area contributed by atoms with Gasteiger partial charge in [0, 0.05) is 23.2 Å². The Kier molecular flexibility index (Phi) is 5.46. The van der Waals surface area contributed by atoms with Crippen LogP contribution in [0, 0.1) is 0 Å². The molecule has 0 radical (unpaired) electrons. The van der Waals surface area contributed by atoms with Crippen molar-refractivity contribution in [2.45, 2.75) is 18.7 Å². The Hall–Kier alpha value is -0.790. The van der Waals surface area contributed by atoms with Crippen LogP contribution in [-0.2, 0) is 6.18 Å². The van der Waals surface area contributed by atoms with Crippen LogP contribution in [0.25, 0.3) is 0 Å². The van der Waals surface area contributed by atoms with Gasteiger partial charge in [0.1, 0.15) is 0 Å². The lowest BCUT2D eigenvalue weighted by Gasteiger charge is -2.28. The first-order valence-corrected chi connectivity index (χ1v) is 6.78. The highest BCUT2D eigenvalue weighted by molar-refractivity contribution is 9.10. The zero-order valence-corrected chi connectivity index (χ0v) is 13.1. The third-order valence-electron chi connectivity index (χ3n) is 2.60. The normalized spacial score (nSPS) is 15.2. The van der Waals surface area contributed by atoms with Crippen LogP contribution in [0.1, 0.15) is 12.5 Å². The van der Waals surface area contributed by atoms with Gasteiger partial charge in [-0.05, 0) is 39.2 Å². The molecule has 20 heavy (non-hydrogen) atoms. The smallest absolute Gasteiger partial charge is 0.387 e. The van der Waals surface area contributed by atoms with E-state index >= 15 is 0 Å². The lowest BCUT2D eigenvalue weighted by molar-refractivity contribution is -0.137. The summed E-state index contributed by atoms with van der Waals surface area (Å²) in [5.74, 6) is 0. The fraction of sp³-hybridized carbons (Fsp3) is 0.538. The molecule has 114 valence electrons. The molecular weight excluding hydrogens is 337 g/mol. The first-order valence-electron chi connectivity index (χ1n) is 5.99. The van der Waals surface area contributed by atoms with Gasteiger partial charge in [0.25, 0.3) is 0 Å². The Bertz CT molecular complexity index is 461. The van der Waals surface area contributed by atoms with E-state index in [9.17, 15) is 18.3 Å². The standard InChI is InChI=1S/C13H18BrF3N2O/c1-12(20,8-19(2)3)7-18-11-6-9(14)4-5-10(11)13(15,16)17/h4-6,18,20H,7-8H2,1-3H3. The zero-order chi connectivity index (χ0) is 15.6. The van der Waals surface area contributed by atoms with E-state index in [1.165, 1.54) is 12.1 Å². The molecule has 0 aliphatic rings. The molecule has 0 aliphatic carbocycles. The SMILES string of the molecule is CN(C)CC(C)(O)CNc1cc(Br)ccc1C(F)(F)F. The van der Waals surface area contributed by atoms with Gasteiger partial charge in [-0.25, -0.2) is 0 Å². The van der Waals surface area contributed by atoms with Crippen molar-refractivity contribution in [3.63, 3.8) is 0 Å². The molecule has 0 amide bonds. The number of aliphatic hydroxyl groups is 1. The molecule has 0 fully saturated rings. The van der Waals surface area contributed by atoms with Crippen molar-refractivity contribution < 1.29 is 18.3 Å². The maximum Gasteiger partial charge on any atom is 0.418 e. The second kappa shape index (κ2) is 6.32. The molecule has 0 aliphatic heterocycles. The van der Waals surface area contributed by atoms with E-state index in [1.807, 2.05) is 0 Å². The Morgan fingerprint density at radius 2 is 1.90 bits per heavy atom. The second-order valence-corrected chi connectivity index (χ2v) is 6.19. The highest BCUT2D eigenvalue weighted by Crippen LogP contribution is 2.36. The van der Waals surface area contributed by atoms with Gasteiger partial charge in [-0.2, -0.15) is 13.2 Å². The van der Waals surface area contributed by atoms with Gasteiger partial charge in [-0.3, -0.25) is 0 Å². The molecule has 0 bridgehead atoms. The van der Waals surface area contributed by atoms with Crippen LogP contribution in [0.15, 0.2) is 22.7 Å². The molecule has 2 N–H and O–H groups in total. The molecule has 1 rings (SSSR count). The van der Waals surface area contributed by atoms with E-state index in [0.717, 1.165) is 6.07 Å². The topological polar surface area (TPSA) is 35.5 Å². The maximum absolute atomic E-state index is 12.9. The number of likely N-dealkylation sites (N-methyl/N-ethyl adjacent to an activating group) is 1. The Balaban J connectivity index is 2.89. The third kappa shape index (κ3) is 5.30. The number of anilines is 1. The molecule has 3 nitrogen and oxygen atoms in total. The van der Waals surface area contributed by atoms with Crippen molar-refractivity contribution in [3.05, 3.63) is 28.2 Å². The summed E-state index contributed by atoms with van der Waals surface area (Å²) in [6.07, 6.45) is -4.43. The van der Waals surface area contributed by atoms with Crippen LogP contribution in [0.2, 0.25) is 0 Å². The summed E-state index contributed by atoms with van der Waals surface area (Å²) in [6, 6.07) is 3.70. The largest absolute Gasteiger partial charge is 0.418 e. The molecule has 0 heterocycles. The number of nitrogens with zero attached hydrogens (tertiary/aromatic N) is 1. The number of rotatable bonds is 5. The zero-order valence-electron chi connectivity index (χ0n) is 11.6. The molecular formula is C13H18BrF3N2O.